The van der Waals surface area contributed by atoms with Gasteiger partial charge in [-0.25, -0.2) is 0 Å². The van der Waals surface area contributed by atoms with E-state index >= 15 is 0 Å². The van der Waals surface area contributed by atoms with E-state index in [0.29, 0.717) is 11.8 Å². The minimum absolute atomic E-state index is 0.0244. The fourth-order valence-corrected chi connectivity index (χ4v) is 2.95. The summed E-state index contributed by atoms with van der Waals surface area (Å²) in [5.41, 5.74) is -0.0244. The molecule has 0 aromatic rings. The Labute approximate surface area is 103 Å². The van der Waals surface area contributed by atoms with Crippen LogP contribution in [0.5, 0.6) is 0 Å². The maximum Gasteiger partial charge on any atom is 0.220 e. The molecule has 0 bridgehead atoms. The highest BCUT2D eigenvalue weighted by molar-refractivity contribution is 6.19. The zero-order valence-corrected chi connectivity index (χ0v) is 10.7. The van der Waals surface area contributed by atoms with Gasteiger partial charge in [0.2, 0.25) is 5.91 Å². The monoisotopic (exact) mass is 243 g/mol. The molecule has 2 aliphatic carbocycles. The number of nitrogens with one attached hydrogen (secondary N) is 1. The van der Waals surface area contributed by atoms with E-state index in [2.05, 4.69) is 5.32 Å². The predicted octanol–water partition coefficient (Wildman–Crippen LogP) is 3.23. The van der Waals surface area contributed by atoms with Crippen molar-refractivity contribution in [2.45, 2.75) is 63.3 Å². The van der Waals surface area contributed by atoms with Crippen LogP contribution in [0, 0.1) is 5.92 Å². The van der Waals surface area contributed by atoms with Gasteiger partial charge in [-0.05, 0) is 31.6 Å². The molecular formula is C13H22ClNO. The third-order valence-electron chi connectivity index (χ3n) is 3.96. The molecule has 2 rings (SSSR count). The van der Waals surface area contributed by atoms with Gasteiger partial charge in [0, 0.05) is 12.3 Å². The number of hydrogen-bond acceptors (Lipinski definition) is 1. The van der Waals surface area contributed by atoms with Gasteiger partial charge < -0.3 is 5.32 Å². The van der Waals surface area contributed by atoms with E-state index in [4.69, 9.17) is 11.6 Å². The molecule has 2 nitrogen and oxygen atoms in total. The van der Waals surface area contributed by atoms with Crippen LogP contribution < -0.4 is 5.32 Å². The van der Waals surface area contributed by atoms with Crippen molar-refractivity contribution < 1.29 is 4.79 Å². The molecule has 16 heavy (non-hydrogen) atoms. The van der Waals surface area contributed by atoms with Crippen LogP contribution in [-0.2, 0) is 4.79 Å². The number of alkyl halides is 1. The Hall–Kier alpha value is -0.240. The van der Waals surface area contributed by atoms with Gasteiger partial charge in [0.05, 0.1) is 5.54 Å². The molecule has 1 N–H and O–H groups in total. The lowest BCUT2D eigenvalue weighted by atomic mass is 9.96. The molecule has 0 heterocycles. The first-order chi connectivity index (χ1) is 7.74. The first-order valence-electron chi connectivity index (χ1n) is 6.61. The van der Waals surface area contributed by atoms with E-state index in [1.54, 1.807) is 0 Å². The number of amides is 1. The molecule has 92 valence electrons. The third-order valence-corrected chi connectivity index (χ3v) is 4.47. The van der Waals surface area contributed by atoms with Gasteiger partial charge in [-0.1, -0.05) is 25.7 Å². The summed E-state index contributed by atoms with van der Waals surface area (Å²) in [6.45, 7) is 0. The Balaban J connectivity index is 1.73. The van der Waals surface area contributed by atoms with Crippen molar-refractivity contribution in [3.63, 3.8) is 0 Å². The number of carbonyl (C=O) groups is 1. The van der Waals surface area contributed by atoms with Crippen LogP contribution in [0.15, 0.2) is 0 Å². The van der Waals surface area contributed by atoms with Crippen molar-refractivity contribution in [1.29, 1.82) is 0 Å². The Morgan fingerprint density at radius 2 is 1.81 bits per heavy atom. The average Bonchev–Trinajstić information content (AvgIpc) is 3.04. The highest BCUT2D eigenvalue weighted by atomic mass is 35.5. The Kier molecular flexibility index (Phi) is 4.12. The van der Waals surface area contributed by atoms with Gasteiger partial charge in [-0.2, -0.15) is 0 Å². The Bertz CT molecular complexity index is 242. The van der Waals surface area contributed by atoms with Crippen LogP contribution in [0.1, 0.15) is 57.8 Å². The van der Waals surface area contributed by atoms with Gasteiger partial charge >= 0.3 is 0 Å². The van der Waals surface area contributed by atoms with Crippen molar-refractivity contribution in [1.82, 2.24) is 5.32 Å². The second-order valence-electron chi connectivity index (χ2n) is 5.52. The van der Waals surface area contributed by atoms with Crippen LogP contribution in [0.2, 0.25) is 0 Å². The summed E-state index contributed by atoms with van der Waals surface area (Å²) >= 11 is 5.85. The number of hydrogen-bond donors (Lipinski definition) is 1. The SMILES string of the molecule is O=C(CC1CCCCCC1)NC1(CCl)CC1. The van der Waals surface area contributed by atoms with Crippen LogP contribution >= 0.6 is 11.6 Å². The standard InChI is InChI=1S/C13H22ClNO/c14-10-13(7-8-13)15-12(16)9-11-5-3-1-2-4-6-11/h11H,1-10H2,(H,15,16). The molecule has 0 aromatic heterocycles. The third kappa shape index (κ3) is 3.38. The minimum Gasteiger partial charge on any atom is -0.349 e. The minimum atomic E-state index is -0.0244. The second-order valence-corrected chi connectivity index (χ2v) is 5.79. The van der Waals surface area contributed by atoms with E-state index in [1.165, 1.54) is 38.5 Å². The van der Waals surface area contributed by atoms with Crippen molar-refractivity contribution in [3.05, 3.63) is 0 Å². The van der Waals surface area contributed by atoms with Gasteiger partial charge in [0.25, 0.3) is 0 Å². The molecular weight excluding hydrogens is 222 g/mol. The zero-order chi connectivity index (χ0) is 11.4. The molecule has 0 aliphatic heterocycles. The van der Waals surface area contributed by atoms with Gasteiger partial charge in [-0.3, -0.25) is 4.79 Å². The summed E-state index contributed by atoms with van der Waals surface area (Å²) in [5, 5.41) is 3.11. The number of rotatable bonds is 4. The summed E-state index contributed by atoms with van der Waals surface area (Å²) in [4.78, 5) is 11.9. The number of carbonyl (C=O) groups excluding carboxylic acids is 1. The van der Waals surface area contributed by atoms with E-state index in [9.17, 15) is 4.79 Å². The normalized spacial score (nSPS) is 24.8. The van der Waals surface area contributed by atoms with E-state index in [0.717, 1.165) is 19.3 Å². The molecule has 0 aromatic carbocycles. The topological polar surface area (TPSA) is 29.1 Å². The van der Waals surface area contributed by atoms with Gasteiger partial charge in [0.1, 0.15) is 0 Å². The Morgan fingerprint density at radius 1 is 1.19 bits per heavy atom. The lowest BCUT2D eigenvalue weighted by molar-refractivity contribution is -0.122. The van der Waals surface area contributed by atoms with Crippen LogP contribution in [0.4, 0.5) is 0 Å². The zero-order valence-electron chi connectivity index (χ0n) is 9.93. The first kappa shape index (κ1) is 12.2. The lowest BCUT2D eigenvalue weighted by Gasteiger charge is -2.17. The highest BCUT2D eigenvalue weighted by Gasteiger charge is 2.43. The molecule has 0 saturated heterocycles. The molecule has 0 radical (unpaired) electrons. The van der Waals surface area contributed by atoms with Crippen LogP contribution in [0.25, 0.3) is 0 Å². The summed E-state index contributed by atoms with van der Waals surface area (Å²) in [5.74, 6) is 1.42. The summed E-state index contributed by atoms with van der Waals surface area (Å²) in [7, 11) is 0. The van der Waals surface area contributed by atoms with Crippen LogP contribution in [0.3, 0.4) is 0 Å². The molecule has 0 spiro atoms. The lowest BCUT2D eigenvalue weighted by Crippen LogP contribution is -2.39. The maximum absolute atomic E-state index is 11.9. The van der Waals surface area contributed by atoms with Crippen molar-refractivity contribution in [3.8, 4) is 0 Å². The van der Waals surface area contributed by atoms with E-state index < -0.39 is 0 Å². The fourth-order valence-electron chi connectivity index (χ4n) is 2.62. The molecule has 0 unspecified atom stereocenters. The van der Waals surface area contributed by atoms with E-state index in [1.807, 2.05) is 0 Å². The molecule has 1 amide bonds. The summed E-state index contributed by atoms with van der Waals surface area (Å²) in [6.07, 6.45) is 10.6. The quantitative estimate of drug-likeness (QED) is 0.596. The average molecular weight is 244 g/mol. The first-order valence-corrected chi connectivity index (χ1v) is 7.14. The maximum atomic E-state index is 11.9. The summed E-state index contributed by atoms with van der Waals surface area (Å²) < 4.78 is 0. The largest absolute Gasteiger partial charge is 0.349 e. The Morgan fingerprint density at radius 3 is 2.31 bits per heavy atom. The van der Waals surface area contributed by atoms with Crippen molar-refractivity contribution in [2.75, 3.05) is 5.88 Å². The smallest absolute Gasteiger partial charge is 0.220 e. The van der Waals surface area contributed by atoms with Gasteiger partial charge in [0.15, 0.2) is 0 Å². The molecule has 2 saturated carbocycles. The molecule has 2 fully saturated rings. The number of halogens is 1. The van der Waals surface area contributed by atoms with E-state index in [-0.39, 0.29) is 11.4 Å². The molecule has 0 atom stereocenters. The van der Waals surface area contributed by atoms with Crippen LogP contribution in [-0.4, -0.2) is 17.3 Å². The molecule has 3 heteroatoms. The highest BCUT2D eigenvalue weighted by Crippen LogP contribution is 2.36. The molecule has 2 aliphatic rings. The summed E-state index contributed by atoms with van der Waals surface area (Å²) in [6, 6.07) is 0. The fraction of sp³-hybridized carbons (Fsp3) is 0.923. The predicted molar refractivity (Wildman–Crippen MR) is 66.6 cm³/mol. The van der Waals surface area contributed by atoms with Gasteiger partial charge in [-0.15, -0.1) is 11.6 Å². The van der Waals surface area contributed by atoms with Crippen molar-refractivity contribution >= 4 is 17.5 Å². The second kappa shape index (κ2) is 5.39. The van der Waals surface area contributed by atoms with Crippen molar-refractivity contribution in [2.24, 2.45) is 5.92 Å².